The maximum atomic E-state index is 12.1. The molecule has 1 aromatic heterocycles. The molecule has 1 heterocycles. The molecule has 2 aromatic rings. The highest BCUT2D eigenvalue weighted by molar-refractivity contribution is 7.99. The maximum Gasteiger partial charge on any atom is 0.269 e. The van der Waals surface area contributed by atoms with Gasteiger partial charge in [-0.1, -0.05) is 18.7 Å². The van der Waals surface area contributed by atoms with E-state index < -0.39 is 4.92 Å². The van der Waals surface area contributed by atoms with Crippen LogP contribution in [0, 0.1) is 17.0 Å². The van der Waals surface area contributed by atoms with Gasteiger partial charge in [0.05, 0.1) is 10.7 Å². The first-order valence-electron chi connectivity index (χ1n) is 6.92. The number of Topliss-reactive ketones (excluding diaryl/α,β-unsaturated/α-hetero) is 1. The van der Waals surface area contributed by atoms with Gasteiger partial charge < -0.3 is 4.98 Å². The number of ketones is 1. The number of non-ortho nitro benzene ring substituents is 1. The van der Waals surface area contributed by atoms with E-state index in [-0.39, 0.29) is 22.8 Å². The van der Waals surface area contributed by atoms with Crippen molar-refractivity contribution >= 4 is 23.2 Å². The van der Waals surface area contributed by atoms with Gasteiger partial charge in [-0.05, 0) is 25.5 Å². The number of benzene rings is 1. The number of nitro benzene ring substituents is 1. The van der Waals surface area contributed by atoms with Crippen molar-refractivity contribution in [2.75, 3.05) is 5.75 Å². The van der Waals surface area contributed by atoms with E-state index in [1.54, 1.807) is 6.92 Å². The maximum absolute atomic E-state index is 12.1. The molecular weight excluding hydrogens is 318 g/mol. The molecule has 1 aromatic carbocycles. The topological polar surface area (TPSA) is 106 Å². The lowest BCUT2D eigenvalue weighted by atomic mass is 10.1. The molecule has 0 spiro atoms. The Balaban J connectivity index is 2.07. The van der Waals surface area contributed by atoms with Crippen molar-refractivity contribution in [3.63, 3.8) is 0 Å². The number of thioether (sulfide) groups is 1. The van der Waals surface area contributed by atoms with Crippen LogP contribution < -0.4 is 5.56 Å². The minimum absolute atomic E-state index is 0.0639. The van der Waals surface area contributed by atoms with Gasteiger partial charge in [0.15, 0.2) is 10.9 Å². The van der Waals surface area contributed by atoms with E-state index in [9.17, 15) is 19.7 Å². The number of aryl methyl sites for hydroxylation is 1. The van der Waals surface area contributed by atoms with Crippen LogP contribution in [0.25, 0.3) is 0 Å². The summed E-state index contributed by atoms with van der Waals surface area (Å²) in [6, 6.07) is 5.42. The van der Waals surface area contributed by atoms with Crippen molar-refractivity contribution in [3.05, 3.63) is 61.6 Å². The third kappa shape index (κ3) is 4.04. The average molecular weight is 333 g/mol. The Bertz CT molecular complexity index is 799. The molecular formula is C15H15N3O4S. The smallest absolute Gasteiger partial charge is 0.269 e. The first-order valence-corrected chi connectivity index (χ1v) is 7.91. The van der Waals surface area contributed by atoms with Gasteiger partial charge in [0.2, 0.25) is 0 Å². The van der Waals surface area contributed by atoms with E-state index in [2.05, 4.69) is 9.97 Å². The summed E-state index contributed by atoms with van der Waals surface area (Å²) >= 11 is 1.13. The minimum atomic E-state index is -0.518. The molecule has 0 saturated heterocycles. The quantitative estimate of drug-likeness (QED) is 0.286. The Morgan fingerprint density at radius 3 is 2.52 bits per heavy atom. The number of rotatable bonds is 6. The third-order valence-corrected chi connectivity index (χ3v) is 4.17. The van der Waals surface area contributed by atoms with Gasteiger partial charge in [-0.15, -0.1) is 0 Å². The van der Waals surface area contributed by atoms with E-state index in [0.29, 0.717) is 28.4 Å². The third-order valence-electron chi connectivity index (χ3n) is 3.29. The SMILES string of the molecule is CCc1c(C)nc(SCC(=O)c2ccc([N+](=O)[O-])cc2)[nH]c1=O. The normalized spacial score (nSPS) is 10.5. The first kappa shape index (κ1) is 16.9. The molecule has 0 radical (unpaired) electrons. The fourth-order valence-corrected chi connectivity index (χ4v) is 2.86. The van der Waals surface area contributed by atoms with Crippen LogP contribution in [0.2, 0.25) is 0 Å². The second-order valence-electron chi connectivity index (χ2n) is 4.80. The molecule has 0 aliphatic heterocycles. The number of hydrogen-bond acceptors (Lipinski definition) is 6. The van der Waals surface area contributed by atoms with Crippen molar-refractivity contribution in [2.45, 2.75) is 25.4 Å². The molecule has 2 rings (SSSR count). The van der Waals surface area contributed by atoms with Crippen molar-refractivity contribution in [1.82, 2.24) is 9.97 Å². The average Bonchev–Trinajstić information content (AvgIpc) is 2.52. The summed E-state index contributed by atoms with van der Waals surface area (Å²) in [5, 5.41) is 11.0. The summed E-state index contributed by atoms with van der Waals surface area (Å²) in [6.45, 7) is 3.64. The van der Waals surface area contributed by atoms with Gasteiger partial charge >= 0.3 is 0 Å². The summed E-state index contributed by atoms with van der Waals surface area (Å²) in [6.07, 6.45) is 0.598. The van der Waals surface area contributed by atoms with Gasteiger partial charge in [0.25, 0.3) is 11.2 Å². The van der Waals surface area contributed by atoms with Crippen molar-refractivity contribution < 1.29 is 9.72 Å². The van der Waals surface area contributed by atoms with Crippen LogP contribution in [0.15, 0.2) is 34.2 Å². The van der Waals surface area contributed by atoms with Crippen LogP contribution in [0.4, 0.5) is 5.69 Å². The van der Waals surface area contributed by atoms with E-state index in [1.807, 2.05) is 6.92 Å². The predicted octanol–water partition coefficient (Wildman–Crippen LogP) is 2.52. The van der Waals surface area contributed by atoms with Crippen LogP contribution in [0.3, 0.4) is 0 Å². The van der Waals surface area contributed by atoms with Gasteiger partial charge in [-0.25, -0.2) is 4.98 Å². The number of nitro groups is 1. The van der Waals surface area contributed by atoms with Gasteiger partial charge in [0, 0.05) is 29.0 Å². The van der Waals surface area contributed by atoms with Crippen LogP contribution in [-0.2, 0) is 6.42 Å². The number of carbonyl (C=O) groups is 1. The summed E-state index contributed by atoms with van der Waals surface area (Å²) in [4.78, 5) is 40.9. The number of carbonyl (C=O) groups excluding carboxylic acids is 1. The van der Waals surface area contributed by atoms with Crippen molar-refractivity contribution in [2.24, 2.45) is 0 Å². The van der Waals surface area contributed by atoms with Gasteiger partial charge in [0.1, 0.15) is 0 Å². The van der Waals surface area contributed by atoms with Crippen LogP contribution in [-0.4, -0.2) is 26.4 Å². The van der Waals surface area contributed by atoms with E-state index in [0.717, 1.165) is 11.8 Å². The summed E-state index contributed by atoms with van der Waals surface area (Å²) in [5.41, 5.74) is 1.42. The molecule has 0 fully saturated rings. The highest BCUT2D eigenvalue weighted by atomic mass is 32.2. The van der Waals surface area contributed by atoms with E-state index >= 15 is 0 Å². The van der Waals surface area contributed by atoms with Crippen LogP contribution in [0.1, 0.15) is 28.5 Å². The van der Waals surface area contributed by atoms with Crippen molar-refractivity contribution in [1.29, 1.82) is 0 Å². The molecule has 0 unspecified atom stereocenters. The van der Waals surface area contributed by atoms with E-state index in [1.165, 1.54) is 24.3 Å². The number of nitrogens with zero attached hydrogens (tertiary/aromatic N) is 2. The molecule has 0 bridgehead atoms. The molecule has 0 aliphatic carbocycles. The molecule has 23 heavy (non-hydrogen) atoms. The Kier molecular flexibility index (Phi) is 5.28. The zero-order valence-electron chi connectivity index (χ0n) is 12.7. The van der Waals surface area contributed by atoms with Crippen LogP contribution in [0.5, 0.6) is 0 Å². The molecule has 1 N–H and O–H groups in total. The van der Waals surface area contributed by atoms with E-state index in [4.69, 9.17) is 0 Å². The summed E-state index contributed by atoms with van der Waals surface area (Å²) in [7, 11) is 0. The minimum Gasteiger partial charge on any atom is -0.301 e. The summed E-state index contributed by atoms with van der Waals surface area (Å²) < 4.78 is 0. The first-order chi connectivity index (χ1) is 10.9. The molecule has 0 atom stereocenters. The summed E-state index contributed by atoms with van der Waals surface area (Å²) in [5.74, 6) is -0.101. The number of hydrogen-bond donors (Lipinski definition) is 1. The predicted molar refractivity (Wildman–Crippen MR) is 87.1 cm³/mol. The molecule has 120 valence electrons. The fourth-order valence-electron chi connectivity index (χ4n) is 2.06. The second-order valence-corrected chi connectivity index (χ2v) is 5.77. The number of aromatic nitrogens is 2. The highest BCUT2D eigenvalue weighted by Gasteiger charge is 2.12. The van der Waals surface area contributed by atoms with Gasteiger partial charge in [-0.2, -0.15) is 0 Å². The zero-order chi connectivity index (χ0) is 17.0. The van der Waals surface area contributed by atoms with Crippen molar-refractivity contribution in [3.8, 4) is 0 Å². The lowest BCUT2D eigenvalue weighted by Crippen LogP contribution is -2.17. The number of aromatic amines is 1. The second kappa shape index (κ2) is 7.19. The molecule has 7 nitrogen and oxygen atoms in total. The fraction of sp³-hybridized carbons (Fsp3) is 0.267. The molecule has 8 heteroatoms. The zero-order valence-corrected chi connectivity index (χ0v) is 13.5. The highest BCUT2D eigenvalue weighted by Crippen LogP contribution is 2.17. The molecule has 0 aliphatic rings. The lowest BCUT2D eigenvalue weighted by Gasteiger charge is -2.05. The Morgan fingerprint density at radius 2 is 2.00 bits per heavy atom. The largest absolute Gasteiger partial charge is 0.301 e. The monoisotopic (exact) mass is 333 g/mol. The molecule has 0 amide bonds. The van der Waals surface area contributed by atoms with Gasteiger partial charge in [-0.3, -0.25) is 19.7 Å². The number of nitrogens with one attached hydrogen (secondary N) is 1. The molecule has 0 saturated carbocycles. The standard InChI is InChI=1S/C15H15N3O4S/c1-3-12-9(2)16-15(17-14(12)20)23-8-13(19)10-4-6-11(7-5-10)18(21)22/h4-7H,3,8H2,1-2H3,(H,16,17,20). The Hall–Kier alpha value is -2.48. The van der Waals surface area contributed by atoms with Crippen LogP contribution >= 0.6 is 11.8 Å². The Morgan fingerprint density at radius 1 is 1.35 bits per heavy atom. The lowest BCUT2D eigenvalue weighted by molar-refractivity contribution is -0.384. The number of H-pyrrole nitrogens is 1. The Labute approximate surface area is 136 Å².